The highest BCUT2D eigenvalue weighted by Gasteiger charge is 2.42. The van der Waals surface area contributed by atoms with Gasteiger partial charge in [0.05, 0.1) is 22.6 Å². The van der Waals surface area contributed by atoms with E-state index < -0.39 is 11.4 Å². The Balaban J connectivity index is 1.68. The molecule has 1 saturated heterocycles. The highest BCUT2D eigenvalue weighted by Crippen LogP contribution is 2.31. The first-order chi connectivity index (χ1) is 10.9. The maximum Gasteiger partial charge on any atom is 0.311 e. The Morgan fingerprint density at radius 3 is 2.87 bits per heavy atom. The van der Waals surface area contributed by atoms with E-state index in [2.05, 4.69) is 21.0 Å². The fourth-order valence-corrected chi connectivity index (χ4v) is 2.96. The summed E-state index contributed by atoms with van der Waals surface area (Å²) in [5.41, 5.74) is -0.883. The van der Waals surface area contributed by atoms with Crippen LogP contribution in [0.2, 0.25) is 0 Å². The molecule has 3 rings (SSSR count). The van der Waals surface area contributed by atoms with Crippen LogP contribution in [-0.2, 0) is 11.3 Å². The van der Waals surface area contributed by atoms with Crippen molar-refractivity contribution in [3.05, 3.63) is 40.5 Å². The van der Waals surface area contributed by atoms with Gasteiger partial charge in [-0.25, -0.2) is 0 Å². The van der Waals surface area contributed by atoms with E-state index in [4.69, 9.17) is 4.42 Å². The number of carboxylic acids is 1. The number of rotatable bonds is 4. The molecular weight excluding hydrogens is 366 g/mol. The number of amides is 1. The van der Waals surface area contributed by atoms with Gasteiger partial charge in [-0.05, 0) is 41.4 Å². The Morgan fingerprint density at radius 2 is 2.26 bits per heavy atom. The maximum absolute atomic E-state index is 12.4. The SMILES string of the molecule is CC1(C(=O)O)CCN(C(=O)c2ccc(Cn3cc(Br)cn3)o2)C1. The summed E-state index contributed by atoms with van der Waals surface area (Å²) in [5, 5.41) is 13.4. The molecule has 1 atom stereocenters. The third-order valence-electron chi connectivity index (χ3n) is 4.07. The largest absolute Gasteiger partial charge is 0.481 e. The Hall–Kier alpha value is -2.09. The van der Waals surface area contributed by atoms with Crippen molar-refractivity contribution in [1.82, 2.24) is 14.7 Å². The predicted molar refractivity (Wildman–Crippen MR) is 84.0 cm³/mol. The lowest BCUT2D eigenvalue weighted by Gasteiger charge is -2.19. The van der Waals surface area contributed by atoms with E-state index in [1.807, 2.05) is 6.20 Å². The normalized spacial score (nSPS) is 20.9. The number of hydrogen-bond acceptors (Lipinski definition) is 4. The maximum atomic E-state index is 12.4. The lowest BCUT2D eigenvalue weighted by Crippen LogP contribution is -2.34. The van der Waals surface area contributed by atoms with Crippen molar-refractivity contribution in [2.45, 2.75) is 19.9 Å². The molecule has 7 nitrogen and oxygen atoms in total. The van der Waals surface area contributed by atoms with Gasteiger partial charge in [0.25, 0.3) is 5.91 Å². The van der Waals surface area contributed by atoms with Gasteiger partial charge in [-0.1, -0.05) is 0 Å². The van der Waals surface area contributed by atoms with E-state index >= 15 is 0 Å². The molecule has 1 aliphatic rings. The lowest BCUT2D eigenvalue weighted by atomic mass is 9.90. The van der Waals surface area contributed by atoms with Gasteiger partial charge in [-0.3, -0.25) is 14.3 Å². The molecule has 1 aliphatic heterocycles. The van der Waals surface area contributed by atoms with Crippen LogP contribution < -0.4 is 0 Å². The van der Waals surface area contributed by atoms with Gasteiger partial charge in [0.15, 0.2) is 5.76 Å². The molecule has 0 saturated carbocycles. The Bertz CT molecular complexity index is 753. The van der Waals surface area contributed by atoms with Crippen LogP contribution >= 0.6 is 15.9 Å². The molecule has 1 fully saturated rings. The second kappa shape index (κ2) is 5.84. The molecule has 2 aromatic heterocycles. The first-order valence-electron chi connectivity index (χ1n) is 7.17. The minimum absolute atomic E-state index is 0.198. The van der Waals surface area contributed by atoms with Crippen molar-refractivity contribution in [2.24, 2.45) is 5.41 Å². The molecule has 1 unspecified atom stereocenters. The average Bonchev–Trinajstić information content (AvgIpc) is 3.20. The number of likely N-dealkylation sites (tertiary alicyclic amines) is 1. The van der Waals surface area contributed by atoms with E-state index in [9.17, 15) is 14.7 Å². The molecule has 23 heavy (non-hydrogen) atoms. The number of carbonyl (C=O) groups excluding carboxylic acids is 1. The van der Waals surface area contributed by atoms with Gasteiger partial charge >= 0.3 is 5.97 Å². The fraction of sp³-hybridized carbons (Fsp3) is 0.400. The standard InChI is InChI=1S/C15H16BrN3O4/c1-15(14(21)22)4-5-18(9-15)13(20)12-3-2-11(23-12)8-19-7-10(16)6-17-19/h2-3,6-7H,4-5,8-9H2,1H3,(H,21,22). The molecule has 3 heterocycles. The number of carbonyl (C=O) groups is 2. The van der Waals surface area contributed by atoms with Crippen molar-refractivity contribution in [1.29, 1.82) is 0 Å². The van der Waals surface area contributed by atoms with Crippen LogP contribution in [0.25, 0.3) is 0 Å². The molecular formula is C15H16BrN3O4. The summed E-state index contributed by atoms with van der Waals surface area (Å²) < 4.78 is 8.14. The molecule has 1 amide bonds. The van der Waals surface area contributed by atoms with Crippen molar-refractivity contribution >= 4 is 27.8 Å². The van der Waals surface area contributed by atoms with Crippen LogP contribution in [0.5, 0.6) is 0 Å². The molecule has 0 radical (unpaired) electrons. The van der Waals surface area contributed by atoms with Crippen LogP contribution in [0.3, 0.4) is 0 Å². The van der Waals surface area contributed by atoms with Gasteiger partial charge in [-0.15, -0.1) is 0 Å². The second-order valence-corrected chi connectivity index (χ2v) is 6.88. The summed E-state index contributed by atoms with van der Waals surface area (Å²) in [7, 11) is 0. The molecule has 122 valence electrons. The predicted octanol–water partition coefficient (Wildman–Crippen LogP) is 2.22. The lowest BCUT2D eigenvalue weighted by molar-refractivity contribution is -0.147. The zero-order valence-electron chi connectivity index (χ0n) is 12.5. The molecule has 1 N–H and O–H groups in total. The van der Waals surface area contributed by atoms with Crippen molar-refractivity contribution in [2.75, 3.05) is 13.1 Å². The van der Waals surface area contributed by atoms with Crippen molar-refractivity contribution < 1.29 is 19.1 Å². The third-order valence-corrected chi connectivity index (χ3v) is 4.48. The smallest absolute Gasteiger partial charge is 0.311 e. The highest BCUT2D eigenvalue weighted by molar-refractivity contribution is 9.10. The first-order valence-corrected chi connectivity index (χ1v) is 7.96. The Kier molecular flexibility index (Phi) is 4.01. The Labute approximate surface area is 141 Å². The van der Waals surface area contributed by atoms with Crippen molar-refractivity contribution in [3.63, 3.8) is 0 Å². The highest BCUT2D eigenvalue weighted by atomic mass is 79.9. The molecule has 0 spiro atoms. The van der Waals surface area contributed by atoms with Gasteiger partial charge in [-0.2, -0.15) is 5.10 Å². The van der Waals surface area contributed by atoms with Gasteiger partial charge in [0.2, 0.25) is 0 Å². The number of furan rings is 1. The van der Waals surface area contributed by atoms with Gasteiger partial charge in [0, 0.05) is 19.3 Å². The average molecular weight is 382 g/mol. The number of carboxylic acid groups (broad SMARTS) is 1. The first kappa shape index (κ1) is 15.8. The van der Waals surface area contributed by atoms with E-state index in [1.54, 1.807) is 29.9 Å². The summed E-state index contributed by atoms with van der Waals surface area (Å²) in [6, 6.07) is 3.35. The topological polar surface area (TPSA) is 88.6 Å². The number of halogens is 1. The number of hydrogen-bond donors (Lipinski definition) is 1. The summed E-state index contributed by atoms with van der Waals surface area (Å²) >= 11 is 3.32. The summed E-state index contributed by atoms with van der Waals surface area (Å²) in [5.74, 6) is -0.315. The zero-order valence-corrected chi connectivity index (χ0v) is 14.1. The minimum atomic E-state index is -0.883. The van der Waals surface area contributed by atoms with Crippen LogP contribution in [0.1, 0.15) is 29.7 Å². The molecule has 0 aromatic carbocycles. The minimum Gasteiger partial charge on any atom is -0.481 e. The third kappa shape index (κ3) is 3.17. The monoisotopic (exact) mass is 381 g/mol. The summed E-state index contributed by atoms with van der Waals surface area (Å²) in [6.45, 7) is 2.70. The molecule has 0 bridgehead atoms. The molecule has 2 aromatic rings. The Morgan fingerprint density at radius 1 is 1.48 bits per heavy atom. The zero-order chi connectivity index (χ0) is 16.6. The van der Waals surface area contributed by atoms with Gasteiger partial charge < -0.3 is 14.4 Å². The van der Waals surface area contributed by atoms with E-state index in [1.165, 1.54) is 4.90 Å². The number of aromatic nitrogens is 2. The number of aliphatic carboxylic acids is 1. The number of nitrogens with zero attached hydrogens (tertiary/aromatic N) is 3. The van der Waals surface area contributed by atoms with Crippen LogP contribution in [0, 0.1) is 5.41 Å². The second-order valence-electron chi connectivity index (χ2n) is 5.96. The summed E-state index contributed by atoms with van der Waals surface area (Å²) in [6.07, 6.45) is 3.93. The van der Waals surface area contributed by atoms with E-state index in [0.717, 1.165) is 4.47 Å². The molecule has 8 heteroatoms. The van der Waals surface area contributed by atoms with Crippen LogP contribution in [-0.4, -0.2) is 44.8 Å². The van der Waals surface area contributed by atoms with Crippen LogP contribution in [0.15, 0.2) is 33.4 Å². The van der Waals surface area contributed by atoms with E-state index in [0.29, 0.717) is 25.3 Å². The van der Waals surface area contributed by atoms with E-state index in [-0.39, 0.29) is 18.2 Å². The summed E-state index contributed by atoms with van der Waals surface area (Å²) in [4.78, 5) is 25.2. The fourth-order valence-electron chi connectivity index (χ4n) is 2.63. The quantitative estimate of drug-likeness (QED) is 0.876. The van der Waals surface area contributed by atoms with Crippen LogP contribution in [0.4, 0.5) is 0 Å². The van der Waals surface area contributed by atoms with Gasteiger partial charge in [0.1, 0.15) is 5.76 Å². The van der Waals surface area contributed by atoms with Crippen molar-refractivity contribution in [3.8, 4) is 0 Å². The molecule has 0 aliphatic carbocycles.